The Morgan fingerprint density at radius 1 is 1.11 bits per heavy atom. The molecule has 2 aromatic carbocycles. The molecule has 1 N–H and O–H groups in total. The van der Waals surface area contributed by atoms with Crippen molar-refractivity contribution >= 4 is 23.2 Å². The molecule has 0 unspecified atom stereocenters. The Bertz CT molecular complexity index is 992. The first-order chi connectivity index (χ1) is 13.1. The van der Waals surface area contributed by atoms with E-state index in [0.717, 1.165) is 5.56 Å². The maximum Gasteiger partial charge on any atom is 0.420 e. The van der Waals surface area contributed by atoms with E-state index in [2.05, 4.69) is 5.32 Å². The Morgan fingerprint density at radius 3 is 2.56 bits per heavy atom. The maximum atomic E-state index is 12.1. The number of fused-ring (bicyclic) bond motifs is 1. The lowest BCUT2D eigenvalue weighted by Crippen LogP contribution is -2.45. The molecular weight excluding hydrogens is 352 g/mol. The Kier molecular flexibility index (Phi) is 5.55. The third-order valence-corrected chi connectivity index (χ3v) is 3.93. The van der Waals surface area contributed by atoms with E-state index in [-0.39, 0.29) is 13.2 Å². The van der Waals surface area contributed by atoms with Crippen LogP contribution >= 0.6 is 0 Å². The number of alkyl carbamates (subject to hydrolysis) is 1. The fourth-order valence-electron chi connectivity index (χ4n) is 2.60. The molecule has 8 heteroatoms. The number of benzene rings is 2. The number of para-hydroxylation sites is 2. The summed E-state index contributed by atoms with van der Waals surface area (Å²) in [5, 5.41) is 2.43. The van der Waals surface area contributed by atoms with Crippen LogP contribution in [0.1, 0.15) is 5.56 Å². The minimum atomic E-state index is -1.11. The summed E-state index contributed by atoms with van der Waals surface area (Å²) in [6, 6.07) is 14.8. The molecule has 0 radical (unpaired) electrons. The molecule has 0 fully saturated rings. The monoisotopic (exact) mass is 370 g/mol. The number of rotatable bonds is 6. The van der Waals surface area contributed by atoms with Gasteiger partial charge >= 0.3 is 17.8 Å². The molecule has 1 amide bonds. The van der Waals surface area contributed by atoms with Crippen LogP contribution in [0.2, 0.25) is 0 Å². The van der Waals surface area contributed by atoms with E-state index in [1.807, 2.05) is 30.3 Å². The number of nitrogens with one attached hydrogen (secondary N) is 1. The number of carbonyl (C=O) groups excluding carboxylic acids is 2. The Balaban J connectivity index is 1.72. The maximum absolute atomic E-state index is 12.1. The van der Waals surface area contributed by atoms with Crippen LogP contribution in [-0.4, -0.2) is 29.8 Å². The lowest BCUT2D eigenvalue weighted by atomic mass is 10.2. The van der Waals surface area contributed by atoms with E-state index in [1.165, 1.54) is 11.7 Å². The highest BCUT2D eigenvalue weighted by Gasteiger charge is 2.25. The number of amides is 1. The van der Waals surface area contributed by atoms with Crippen LogP contribution in [0.3, 0.4) is 0 Å². The summed E-state index contributed by atoms with van der Waals surface area (Å²) < 4.78 is 16.2. The van der Waals surface area contributed by atoms with Gasteiger partial charge in [0, 0.05) is 0 Å². The summed E-state index contributed by atoms with van der Waals surface area (Å²) >= 11 is 0. The molecule has 3 aromatic rings. The van der Waals surface area contributed by atoms with Crippen molar-refractivity contribution in [1.29, 1.82) is 0 Å². The highest BCUT2D eigenvalue weighted by molar-refractivity contribution is 5.81. The molecule has 1 aromatic heterocycles. The molecular formula is C19H18N2O6. The third-order valence-electron chi connectivity index (χ3n) is 3.93. The van der Waals surface area contributed by atoms with Crippen LogP contribution in [0.15, 0.2) is 63.8 Å². The van der Waals surface area contributed by atoms with Gasteiger partial charge in [0.2, 0.25) is 0 Å². The van der Waals surface area contributed by atoms with Crippen molar-refractivity contribution in [2.75, 3.05) is 7.11 Å². The average molecular weight is 370 g/mol. The SMILES string of the molecule is COC(=O)[C@@H](Cn1c(=O)oc2ccccc21)NC(=O)OCc1ccccc1. The normalized spacial score (nSPS) is 11.7. The minimum Gasteiger partial charge on any atom is -0.467 e. The van der Waals surface area contributed by atoms with Gasteiger partial charge in [-0.1, -0.05) is 42.5 Å². The molecule has 3 rings (SSSR count). The van der Waals surface area contributed by atoms with Gasteiger partial charge in [-0.05, 0) is 17.7 Å². The van der Waals surface area contributed by atoms with Gasteiger partial charge in [-0.15, -0.1) is 0 Å². The second-order valence-corrected chi connectivity index (χ2v) is 5.73. The van der Waals surface area contributed by atoms with Gasteiger partial charge in [0.25, 0.3) is 0 Å². The topological polar surface area (TPSA) is 99.8 Å². The van der Waals surface area contributed by atoms with Crippen LogP contribution in [0, 0.1) is 0 Å². The molecule has 0 bridgehead atoms. The molecule has 27 heavy (non-hydrogen) atoms. The first kappa shape index (κ1) is 18.2. The summed E-state index contributed by atoms with van der Waals surface area (Å²) in [5.41, 5.74) is 1.70. The van der Waals surface area contributed by atoms with Crippen molar-refractivity contribution in [3.05, 3.63) is 70.7 Å². The van der Waals surface area contributed by atoms with E-state index >= 15 is 0 Å². The van der Waals surface area contributed by atoms with Gasteiger partial charge in [0.15, 0.2) is 5.58 Å². The van der Waals surface area contributed by atoms with Gasteiger partial charge in [-0.2, -0.15) is 0 Å². The number of esters is 1. The van der Waals surface area contributed by atoms with Gasteiger partial charge in [0.1, 0.15) is 12.6 Å². The van der Waals surface area contributed by atoms with E-state index in [0.29, 0.717) is 11.1 Å². The van der Waals surface area contributed by atoms with Gasteiger partial charge in [-0.25, -0.2) is 14.4 Å². The van der Waals surface area contributed by atoms with Crippen molar-refractivity contribution in [3.8, 4) is 0 Å². The standard InChI is InChI=1S/C19H18N2O6/c1-25-17(22)14(20-18(23)26-12-13-7-3-2-4-8-13)11-21-15-9-5-6-10-16(15)27-19(21)24/h2-10,14H,11-12H2,1H3,(H,20,23)/t14-/m1/s1. The van der Waals surface area contributed by atoms with Crippen molar-refractivity contribution in [1.82, 2.24) is 9.88 Å². The summed E-state index contributed by atoms with van der Waals surface area (Å²) in [6.07, 6.45) is -0.796. The molecule has 0 aliphatic heterocycles. The van der Waals surface area contributed by atoms with Crippen LogP contribution in [0.5, 0.6) is 0 Å². The van der Waals surface area contributed by atoms with Crippen LogP contribution in [0.25, 0.3) is 11.1 Å². The van der Waals surface area contributed by atoms with Gasteiger partial charge in [0.05, 0.1) is 19.2 Å². The van der Waals surface area contributed by atoms with Gasteiger partial charge in [-0.3, -0.25) is 4.57 Å². The molecule has 0 saturated heterocycles. The first-order valence-electron chi connectivity index (χ1n) is 8.22. The number of hydrogen-bond acceptors (Lipinski definition) is 6. The van der Waals surface area contributed by atoms with Crippen molar-refractivity contribution in [2.24, 2.45) is 0 Å². The Labute approximate surface area is 154 Å². The van der Waals surface area contributed by atoms with E-state index < -0.39 is 23.9 Å². The Hall–Kier alpha value is -3.55. The summed E-state index contributed by atoms with van der Waals surface area (Å²) in [4.78, 5) is 36.2. The molecule has 8 nitrogen and oxygen atoms in total. The smallest absolute Gasteiger partial charge is 0.420 e. The second-order valence-electron chi connectivity index (χ2n) is 5.73. The number of oxazole rings is 1. The quantitative estimate of drug-likeness (QED) is 0.667. The second kappa shape index (κ2) is 8.22. The fraction of sp³-hybridized carbons (Fsp3) is 0.211. The zero-order valence-corrected chi connectivity index (χ0v) is 14.6. The number of hydrogen-bond donors (Lipinski definition) is 1. The number of methoxy groups -OCH3 is 1. The lowest BCUT2D eigenvalue weighted by molar-refractivity contribution is -0.143. The highest BCUT2D eigenvalue weighted by atomic mass is 16.6. The van der Waals surface area contributed by atoms with Crippen molar-refractivity contribution in [3.63, 3.8) is 0 Å². The summed E-state index contributed by atoms with van der Waals surface area (Å²) in [6.45, 7) is -0.0991. The minimum absolute atomic E-state index is 0.0507. The van der Waals surface area contributed by atoms with E-state index in [4.69, 9.17) is 13.9 Å². The lowest BCUT2D eigenvalue weighted by Gasteiger charge is -2.16. The predicted octanol–water partition coefficient (Wildman–Crippen LogP) is 2.06. The Morgan fingerprint density at radius 2 is 1.81 bits per heavy atom. The molecule has 0 aliphatic carbocycles. The predicted molar refractivity (Wildman–Crippen MR) is 96.0 cm³/mol. The molecule has 140 valence electrons. The van der Waals surface area contributed by atoms with Crippen LogP contribution in [-0.2, 0) is 27.4 Å². The molecule has 1 heterocycles. The molecule has 0 aliphatic rings. The molecule has 0 spiro atoms. The van der Waals surface area contributed by atoms with Crippen LogP contribution < -0.4 is 11.1 Å². The fourth-order valence-corrected chi connectivity index (χ4v) is 2.60. The van der Waals surface area contributed by atoms with E-state index in [1.54, 1.807) is 24.3 Å². The highest BCUT2D eigenvalue weighted by Crippen LogP contribution is 2.12. The van der Waals surface area contributed by atoms with E-state index in [9.17, 15) is 14.4 Å². The molecule has 0 saturated carbocycles. The van der Waals surface area contributed by atoms with Crippen LogP contribution in [0.4, 0.5) is 4.79 Å². The zero-order chi connectivity index (χ0) is 19.2. The average Bonchev–Trinajstić information content (AvgIpc) is 3.01. The molecule has 1 atom stereocenters. The summed E-state index contributed by atoms with van der Waals surface area (Å²) in [5.74, 6) is -1.34. The largest absolute Gasteiger partial charge is 0.467 e. The first-order valence-corrected chi connectivity index (χ1v) is 8.22. The summed E-state index contributed by atoms with van der Waals surface area (Å²) in [7, 11) is 1.20. The van der Waals surface area contributed by atoms with Gasteiger partial charge < -0.3 is 19.2 Å². The number of ether oxygens (including phenoxy) is 2. The number of nitrogens with zero attached hydrogens (tertiary/aromatic N) is 1. The van der Waals surface area contributed by atoms with Crippen molar-refractivity contribution in [2.45, 2.75) is 19.2 Å². The number of aromatic nitrogens is 1. The van der Waals surface area contributed by atoms with Crippen molar-refractivity contribution < 1.29 is 23.5 Å². The zero-order valence-electron chi connectivity index (χ0n) is 14.6. The number of carbonyl (C=O) groups is 2. The third kappa shape index (κ3) is 4.35.